The van der Waals surface area contributed by atoms with Gasteiger partial charge in [0.05, 0.1) is 24.2 Å². The van der Waals surface area contributed by atoms with Crippen LogP contribution in [0.3, 0.4) is 0 Å². The standard InChI is InChI=1S/C11H17N3O4S/c1-19(16,17)14-10-5-3-2-4-9(10)13-11(15)8-18-7-6-12/h2-5,14H,6-8,12H2,1H3,(H,13,15). The minimum atomic E-state index is -3.41. The molecular formula is C11H17N3O4S. The maximum atomic E-state index is 11.6. The topological polar surface area (TPSA) is 111 Å². The molecule has 0 bridgehead atoms. The van der Waals surface area contributed by atoms with E-state index in [1.165, 1.54) is 0 Å². The molecule has 1 rings (SSSR count). The number of hydrogen-bond acceptors (Lipinski definition) is 5. The van der Waals surface area contributed by atoms with Crippen LogP contribution in [0.15, 0.2) is 24.3 Å². The van der Waals surface area contributed by atoms with Crippen molar-refractivity contribution in [3.63, 3.8) is 0 Å². The van der Waals surface area contributed by atoms with Gasteiger partial charge in [0.2, 0.25) is 15.9 Å². The second-order valence-electron chi connectivity index (χ2n) is 3.81. The quantitative estimate of drug-likeness (QED) is 0.610. The number of carbonyl (C=O) groups excluding carboxylic acids is 1. The van der Waals surface area contributed by atoms with Crippen molar-refractivity contribution < 1.29 is 17.9 Å². The van der Waals surface area contributed by atoms with Gasteiger partial charge in [-0.1, -0.05) is 12.1 Å². The predicted octanol–water partition coefficient (Wildman–Crippen LogP) is -0.0281. The molecule has 0 atom stereocenters. The van der Waals surface area contributed by atoms with Crippen molar-refractivity contribution in [1.29, 1.82) is 0 Å². The van der Waals surface area contributed by atoms with Crippen molar-refractivity contribution in [3.8, 4) is 0 Å². The lowest BCUT2D eigenvalue weighted by molar-refractivity contribution is -0.120. The summed E-state index contributed by atoms with van der Waals surface area (Å²) in [5, 5.41) is 2.56. The Morgan fingerprint density at radius 1 is 1.32 bits per heavy atom. The molecule has 0 aliphatic carbocycles. The number of rotatable bonds is 7. The molecule has 0 fully saturated rings. The highest BCUT2D eigenvalue weighted by Crippen LogP contribution is 2.21. The summed E-state index contributed by atoms with van der Waals surface area (Å²) in [5.41, 5.74) is 5.90. The van der Waals surface area contributed by atoms with E-state index in [0.717, 1.165) is 6.26 Å². The molecule has 0 aliphatic rings. The van der Waals surface area contributed by atoms with Gasteiger partial charge in [-0.15, -0.1) is 0 Å². The lowest BCUT2D eigenvalue weighted by Gasteiger charge is -2.11. The molecule has 106 valence electrons. The van der Waals surface area contributed by atoms with Crippen molar-refractivity contribution in [2.24, 2.45) is 5.73 Å². The normalized spacial score (nSPS) is 11.1. The van der Waals surface area contributed by atoms with E-state index in [9.17, 15) is 13.2 Å². The van der Waals surface area contributed by atoms with Crippen LogP contribution >= 0.6 is 0 Å². The van der Waals surface area contributed by atoms with Crippen LogP contribution in [0.25, 0.3) is 0 Å². The van der Waals surface area contributed by atoms with Crippen molar-refractivity contribution in [1.82, 2.24) is 0 Å². The van der Waals surface area contributed by atoms with Crippen LogP contribution in [0.1, 0.15) is 0 Å². The molecular weight excluding hydrogens is 270 g/mol. The summed E-state index contributed by atoms with van der Waals surface area (Å²) in [4.78, 5) is 11.6. The summed E-state index contributed by atoms with van der Waals surface area (Å²) in [6, 6.07) is 6.49. The largest absolute Gasteiger partial charge is 0.370 e. The Morgan fingerprint density at radius 3 is 2.53 bits per heavy atom. The SMILES string of the molecule is CS(=O)(=O)Nc1ccccc1NC(=O)COCCN. The zero-order valence-electron chi connectivity index (χ0n) is 10.5. The number of hydrogen-bond donors (Lipinski definition) is 3. The number of nitrogens with one attached hydrogen (secondary N) is 2. The molecule has 0 heterocycles. The minimum absolute atomic E-state index is 0.135. The van der Waals surface area contributed by atoms with Crippen molar-refractivity contribution >= 4 is 27.3 Å². The van der Waals surface area contributed by atoms with E-state index in [4.69, 9.17) is 10.5 Å². The highest BCUT2D eigenvalue weighted by molar-refractivity contribution is 7.92. The van der Waals surface area contributed by atoms with Gasteiger partial charge < -0.3 is 15.8 Å². The van der Waals surface area contributed by atoms with Crippen LogP contribution in [0.4, 0.5) is 11.4 Å². The van der Waals surface area contributed by atoms with E-state index in [1.54, 1.807) is 24.3 Å². The van der Waals surface area contributed by atoms with Gasteiger partial charge in [0.25, 0.3) is 0 Å². The Hall–Kier alpha value is -1.64. The molecule has 1 amide bonds. The Labute approximate surface area is 112 Å². The zero-order chi connectivity index (χ0) is 14.3. The maximum Gasteiger partial charge on any atom is 0.250 e. The first kappa shape index (κ1) is 15.4. The maximum absolute atomic E-state index is 11.6. The van der Waals surface area contributed by atoms with E-state index >= 15 is 0 Å². The number of ether oxygens (including phenoxy) is 1. The number of benzene rings is 1. The van der Waals surface area contributed by atoms with Gasteiger partial charge >= 0.3 is 0 Å². The summed E-state index contributed by atoms with van der Waals surface area (Å²) >= 11 is 0. The fourth-order valence-corrected chi connectivity index (χ4v) is 1.89. The van der Waals surface area contributed by atoms with E-state index in [0.29, 0.717) is 17.9 Å². The molecule has 4 N–H and O–H groups in total. The van der Waals surface area contributed by atoms with E-state index in [1.807, 2.05) is 0 Å². The molecule has 1 aromatic rings. The van der Waals surface area contributed by atoms with E-state index < -0.39 is 10.0 Å². The highest BCUT2D eigenvalue weighted by atomic mass is 32.2. The lowest BCUT2D eigenvalue weighted by Crippen LogP contribution is -2.21. The van der Waals surface area contributed by atoms with Crippen LogP contribution in [-0.2, 0) is 19.6 Å². The van der Waals surface area contributed by atoms with Crippen LogP contribution in [0, 0.1) is 0 Å². The summed E-state index contributed by atoms with van der Waals surface area (Å²) in [7, 11) is -3.41. The first-order valence-corrected chi connectivity index (χ1v) is 7.46. The zero-order valence-corrected chi connectivity index (χ0v) is 11.4. The van der Waals surface area contributed by atoms with Crippen LogP contribution in [-0.4, -0.2) is 40.3 Å². The Bertz CT molecular complexity index is 530. The van der Waals surface area contributed by atoms with Gasteiger partial charge in [-0.3, -0.25) is 9.52 Å². The van der Waals surface area contributed by atoms with E-state index in [-0.39, 0.29) is 19.1 Å². The number of nitrogens with two attached hydrogens (primary N) is 1. The van der Waals surface area contributed by atoms with Gasteiger partial charge in [0.1, 0.15) is 6.61 Å². The number of sulfonamides is 1. The van der Waals surface area contributed by atoms with Gasteiger partial charge in [0.15, 0.2) is 0 Å². The van der Waals surface area contributed by atoms with Crippen molar-refractivity contribution in [2.75, 3.05) is 36.1 Å². The minimum Gasteiger partial charge on any atom is -0.370 e. The second kappa shape index (κ2) is 7.07. The highest BCUT2D eigenvalue weighted by Gasteiger charge is 2.09. The van der Waals surface area contributed by atoms with Gasteiger partial charge in [-0.2, -0.15) is 0 Å². The first-order chi connectivity index (χ1) is 8.92. The van der Waals surface area contributed by atoms with Gasteiger partial charge in [-0.05, 0) is 12.1 Å². The summed E-state index contributed by atoms with van der Waals surface area (Å²) in [5.74, 6) is -0.379. The second-order valence-corrected chi connectivity index (χ2v) is 5.56. The summed E-state index contributed by atoms with van der Waals surface area (Å²) in [6.07, 6.45) is 1.04. The third-order valence-corrected chi connectivity index (χ3v) is 2.58. The third kappa shape index (κ3) is 6.18. The van der Waals surface area contributed by atoms with Gasteiger partial charge in [-0.25, -0.2) is 8.42 Å². The number of amides is 1. The average Bonchev–Trinajstić information content (AvgIpc) is 2.30. The van der Waals surface area contributed by atoms with Crippen LogP contribution < -0.4 is 15.8 Å². The molecule has 0 radical (unpaired) electrons. The van der Waals surface area contributed by atoms with Crippen molar-refractivity contribution in [3.05, 3.63) is 24.3 Å². The van der Waals surface area contributed by atoms with Crippen molar-refractivity contribution in [2.45, 2.75) is 0 Å². The van der Waals surface area contributed by atoms with Crippen LogP contribution in [0.5, 0.6) is 0 Å². The lowest BCUT2D eigenvalue weighted by atomic mass is 10.3. The number of para-hydroxylation sites is 2. The third-order valence-electron chi connectivity index (χ3n) is 1.99. The average molecular weight is 287 g/mol. The Morgan fingerprint density at radius 2 is 1.95 bits per heavy atom. The summed E-state index contributed by atoms with van der Waals surface area (Å²) < 4.78 is 29.7. The monoisotopic (exact) mass is 287 g/mol. The molecule has 1 aromatic carbocycles. The molecule has 8 heteroatoms. The molecule has 0 unspecified atom stereocenters. The molecule has 7 nitrogen and oxygen atoms in total. The number of carbonyl (C=O) groups is 1. The van der Waals surface area contributed by atoms with Crippen LogP contribution in [0.2, 0.25) is 0 Å². The van der Waals surface area contributed by atoms with Gasteiger partial charge in [0, 0.05) is 6.54 Å². The molecule has 0 aliphatic heterocycles. The molecule has 0 spiro atoms. The molecule has 0 saturated carbocycles. The predicted molar refractivity (Wildman–Crippen MR) is 73.4 cm³/mol. The molecule has 19 heavy (non-hydrogen) atoms. The molecule has 0 saturated heterocycles. The smallest absolute Gasteiger partial charge is 0.250 e. The fraction of sp³-hybridized carbons (Fsp3) is 0.364. The Kier molecular flexibility index (Phi) is 5.74. The Balaban J connectivity index is 2.70. The van der Waals surface area contributed by atoms with E-state index in [2.05, 4.69) is 10.0 Å². The fourth-order valence-electron chi connectivity index (χ4n) is 1.32. The molecule has 0 aromatic heterocycles. The number of anilines is 2. The first-order valence-electron chi connectivity index (χ1n) is 5.57. The summed E-state index contributed by atoms with van der Waals surface area (Å²) in [6.45, 7) is 0.487.